The van der Waals surface area contributed by atoms with E-state index in [1.807, 2.05) is 36.4 Å². The lowest BCUT2D eigenvalue weighted by atomic mass is 10.1. The van der Waals surface area contributed by atoms with Crippen molar-refractivity contribution in [3.8, 4) is 0 Å². The molecule has 1 aromatic carbocycles. The summed E-state index contributed by atoms with van der Waals surface area (Å²) in [4.78, 5) is 6.79. The van der Waals surface area contributed by atoms with Gasteiger partial charge in [-0.25, -0.2) is 4.39 Å². The molecule has 0 radical (unpaired) electrons. The van der Waals surface area contributed by atoms with E-state index in [0.29, 0.717) is 0 Å². The van der Waals surface area contributed by atoms with Crippen LogP contribution < -0.4 is 5.32 Å². The van der Waals surface area contributed by atoms with Crippen LogP contribution in [0.15, 0.2) is 36.4 Å². The Kier molecular flexibility index (Phi) is 7.32. The summed E-state index contributed by atoms with van der Waals surface area (Å²) >= 11 is 0. The first-order valence-electron chi connectivity index (χ1n) is 6.75. The molecule has 1 N–H and O–H groups in total. The SMILES string of the molecule is Cl.Cl.FC[C@H](c1ccc2ccccc2n1)N1CCNCC1. The second-order valence-corrected chi connectivity index (χ2v) is 4.88. The Morgan fingerprint density at radius 3 is 2.52 bits per heavy atom. The highest BCUT2D eigenvalue weighted by molar-refractivity contribution is 5.85. The fourth-order valence-electron chi connectivity index (χ4n) is 2.62. The Bertz CT molecular complexity index is 561. The predicted molar refractivity (Wildman–Crippen MR) is 89.4 cm³/mol. The summed E-state index contributed by atoms with van der Waals surface area (Å²) < 4.78 is 13.4. The van der Waals surface area contributed by atoms with E-state index < -0.39 is 0 Å². The third kappa shape index (κ3) is 4.04. The predicted octanol–water partition coefficient (Wildman–Crippen LogP) is 2.99. The summed E-state index contributed by atoms with van der Waals surface area (Å²) in [5.41, 5.74) is 1.77. The zero-order chi connectivity index (χ0) is 13.1. The maximum atomic E-state index is 13.4. The Balaban J connectivity index is 0.00000110. The molecule has 2 aromatic rings. The number of fused-ring (bicyclic) bond motifs is 1. The van der Waals surface area contributed by atoms with E-state index in [2.05, 4.69) is 15.2 Å². The van der Waals surface area contributed by atoms with Gasteiger partial charge in [0, 0.05) is 31.6 Å². The molecule has 0 saturated carbocycles. The van der Waals surface area contributed by atoms with E-state index in [1.54, 1.807) is 0 Å². The maximum Gasteiger partial charge on any atom is 0.111 e. The van der Waals surface area contributed by atoms with E-state index in [9.17, 15) is 4.39 Å². The Labute approximate surface area is 136 Å². The smallest absolute Gasteiger partial charge is 0.111 e. The van der Waals surface area contributed by atoms with Crippen LogP contribution >= 0.6 is 24.8 Å². The van der Waals surface area contributed by atoms with Crippen LogP contribution in [0.5, 0.6) is 0 Å². The molecule has 3 rings (SSSR count). The highest BCUT2D eigenvalue weighted by atomic mass is 35.5. The first-order valence-corrected chi connectivity index (χ1v) is 6.75. The van der Waals surface area contributed by atoms with Gasteiger partial charge < -0.3 is 5.32 Å². The zero-order valence-corrected chi connectivity index (χ0v) is 13.3. The van der Waals surface area contributed by atoms with Gasteiger partial charge in [0.05, 0.1) is 17.3 Å². The first-order chi connectivity index (χ1) is 9.38. The third-order valence-electron chi connectivity index (χ3n) is 3.70. The number of rotatable bonds is 3. The fourth-order valence-corrected chi connectivity index (χ4v) is 2.62. The molecule has 2 heterocycles. The van der Waals surface area contributed by atoms with Gasteiger partial charge in [-0.05, 0) is 12.1 Å². The molecule has 1 aliphatic heterocycles. The van der Waals surface area contributed by atoms with Crippen molar-refractivity contribution in [1.82, 2.24) is 15.2 Å². The minimum Gasteiger partial charge on any atom is -0.314 e. The lowest BCUT2D eigenvalue weighted by Gasteiger charge is -2.33. The number of nitrogens with one attached hydrogen (secondary N) is 1. The number of hydrogen-bond acceptors (Lipinski definition) is 3. The number of benzene rings is 1. The van der Waals surface area contributed by atoms with E-state index in [-0.39, 0.29) is 37.5 Å². The fraction of sp³-hybridized carbons (Fsp3) is 0.400. The minimum absolute atomic E-state index is 0. The summed E-state index contributed by atoms with van der Waals surface area (Å²) in [5, 5.41) is 4.39. The first kappa shape index (κ1) is 18.1. The molecule has 116 valence electrons. The highest BCUT2D eigenvalue weighted by Crippen LogP contribution is 2.22. The molecule has 0 unspecified atom stereocenters. The monoisotopic (exact) mass is 331 g/mol. The average molecular weight is 332 g/mol. The molecule has 6 heteroatoms. The number of para-hydroxylation sites is 1. The van der Waals surface area contributed by atoms with Crippen LogP contribution in [-0.4, -0.2) is 42.7 Å². The largest absolute Gasteiger partial charge is 0.314 e. The van der Waals surface area contributed by atoms with Crippen molar-refractivity contribution in [3.05, 3.63) is 42.1 Å². The van der Waals surface area contributed by atoms with Crippen LogP contribution in [-0.2, 0) is 0 Å². The molecule has 1 fully saturated rings. The molecule has 3 nitrogen and oxygen atoms in total. The maximum absolute atomic E-state index is 13.4. The lowest BCUT2D eigenvalue weighted by Crippen LogP contribution is -2.45. The van der Waals surface area contributed by atoms with Crippen molar-refractivity contribution in [2.24, 2.45) is 0 Å². The molecule has 0 aliphatic carbocycles. The van der Waals surface area contributed by atoms with Gasteiger partial charge in [0.15, 0.2) is 0 Å². The standard InChI is InChI=1S/C15H18FN3.2ClH/c16-11-15(19-9-7-17-8-10-19)14-6-5-12-3-1-2-4-13(12)18-14;;/h1-6,15,17H,7-11H2;2*1H/t15-;;/m1../s1. The van der Waals surface area contributed by atoms with Crippen molar-refractivity contribution in [2.45, 2.75) is 6.04 Å². The molecule has 21 heavy (non-hydrogen) atoms. The summed E-state index contributed by atoms with van der Waals surface area (Å²) in [7, 11) is 0. The minimum atomic E-state index is -0.384. The number of hydrogen-bond donors (Lipinski definition) is 1. The van der Waals surface area contributed by atoms with Gasteiger partial charge in [0.1, 0.15) is 6.67 Å². The van der Waals surface area contributed by atoms with Gasteiger partial charge in [0.25, 0.3) is 0 Å². The van der Waals surface area contributed by atoms with E-state index in [0.717, 1.165) is 42.8 Å². The molecule has 1 atom stereocenters. The van der Waals surface area contributed by atoms with E-state index in [1.165, 1.54) is 0 Å². The normalized spacial score (nSPS) is 16.8. The summed E-state index contributed by atoms with van der Waals surface area (Å²) in [6.07, 6.45) is 0. The van der Waals surface area contributed by atoms with Crippen molar-refractivity contribution < 1.29 is 4.39 Å². The van der Waals surface area contributed by atoms with E-state index in [4.69, 9.17) is 0 Å². The zero-order valence-electron chi connectivity index (χ0n) is 11.7. The van der Waals surface area contributed by atoms with Gasteiger partial charge in [-0.1, -0.05) is 24.3 Å². The van der Waals surface area contributed by atoms with Crippen LogP contribution in [0.3, 0.4) is 0 Å². The quantitative estimate of drug-likeness (QED) is 0.937. The van der Waals surface area contributed by atoms with Crippen LogP contribution in [0.2, 0.25) is 0 Å². The molecule has 0 amide bonds. The van der Waals surface area contributed by atoms with Crippen molar-refractivity contribution >= 4 is 35.7 Å². The van der Waals surface area contributed by atoms with Gasteiger partial charge >= 0.3 is 0 Å². The van der Waals surface area contributed by atoms with Crippen LogP contribution in [0.4, 0.5) is 4.39 Å². The van der Waals surface area contributed by atoms with Crippen LogP contribution in [0.25, 0.3) is 10.9 Å². The van der Waals surface area contributed by atoms with Crippen LogP contribution in [0, 0.1) is 0 Å². The summed E-state index contributed by atoms with van der Waals surface area (Å²) in [6, 6.07) is 11.7. The Morgan fingerprint density at radius 2 is 1.81 bits per heavy atom. The van der Waals surface area contributed by atoms with Gasteiger partial charge in [-0.2, -0.15) is 0 Å². The number of piperazine rings is 1. The molecule has 0 bridgehead atoms. The van der Waals surface area contributed by atoms with E-state index >= 15 is 0 Å². The molecular weight excluding hydrogens is 312 g/mol. The Hall–Kier alpha value is -0.940. The lowest BCUT2D eigenvalue weighted by molar-refractivity contribution is 0.145. The van der Waals surface area contributed by atoms with Crippen LogP contribution in [0.1, 0.15) is 11.7 Å². The second-order valence-electron chi connectivity index (χ2n) is 4.88. The van der Waals surface area contributed by atoms with Crippen molar-refractivity contribution in [2.75, 3.05) is 32.9 Å². The van der Waals surface area contributed by atoms with Gasteiger partial charge in [0.2, 0.25) is 0 Å². The molecular formula is C15H20Cl2FN3. The number of aromatic nitrogens is 1. The molecule has 1 aliphatic rings. The average Bonchev–Trinajstić information content (AvgIpc) is 2.49. The molecule has 1 saturated heterocycles. The van der Waals surface area contributed by atoms with Gasteiger partial charge in [-0.3, -0.25) is 9.88 Å². The van der Waals surface area contributed by atoms with Crippen molar-refractivity contribution in [1.29, 1.82) is 0 Å². The molecule has 1 aromatic heterocycles. The highest BCUT2D eigenvalue weighted by Gasteiger charge is 2.23. The summed E-state index contributed by atoms with van der Waals surface area (Å²) in [5.74, 6) is 0. The number of alkyl halides is 1. The third-order valence-corrected chi connectivity index (χ3v) is 3.70. The number of halogens is 3. The number of pyridine rings is 1. The number of nitrogens with zero attached hydrogens (tertiary/aromatic N) is 2. The van der Waals surface area contributed by atoms with Gasteiger partial charge in [-0.15, -0.1) is 24.8 Å². The second kappa shape index (κ2) is 8.49. The molecule has 0 spiro atoms. The Morgan fingerprint density at radius 1 is 1.10 bits per heavy atom. The van der Waals surface area contributed by atoms with Crippen molar-refractivity contribution in [3.63, 3.8) is 0 Å². The summed E-state index contributed by atoms with van der Waals surface area (Å²) in [6.45, 7) is 3.21. The topological polar surface area (TPSA) is 28.2 Å².